The van der Waals surface area contributed by atoms with E-state index in [2.05, 4.69) is 4.74 Å². The maximum atomic E-state index is 11.8. The first-order valence-electron chi connectivity index (χ1n) is 4.48. The van der Waals surface area contributed by atoms with E-state index >= 15 is 0 Å². The lowest BCUT2D eigenvalue weighted by molar-refractivity contribution is -0.172. The first-order chi connectivity index (χ1) is 8.32. The Bertz CT molecular complexity index is 467. The number of imide groups is 1. The summed E-state index contributed by atoms with van der Waals surface area (Å²) in [4.78, 5) is 31.6. The lowest BCUT2D eigenvalue weighted by Gasteiger charge is -2.07. The lowest BCUT2D eigenvalue weighted by atomic mass is 10.2. The maximum absolute atomic E-state index is 11.8. The van der Waals surface area contributed by atoms with Crippen LogP contribution in [0.5, 0.6) is 5.75 Å². The van der Waals surface area contributed by atoms with Crippen LogP contribution in [-0.4, -0.2) is 24.5 Å². The van der Waals surface area contributed by atoms with Crippen LogP contribution >= 0.6 is 0 Å². The first kappa shape index (κ1) is 13.7. The number of benzene rings is 1. The van der Waals surface area contributed by atoms with Crippen molar-refractivity contribution in [1.29, 1.82) is 0 Å². The number of carbonyl (C=O) groups excluding carboxylic acids is 3. The van der Waals surface area contributed by atoms with Gasteiger partial charge in [0.1, 0.15) is 12.0 Å². The van der Waals surface area contributed by atoms with E-state index in [0.717, 1.165) is 5.32 Å². The van der Waals surface area contributed by atoms with Crippen molar-refractivity contribution in [2.45, 2.75) is 6.18 Å². The Balaban J connectivity index is 2.59. The minimum Gasteiger partial charge on any atom is -0.410 e. The van der Waals surface area contributed by atoms with Gasteiger partial charge in [-0.15, -0.1) is 0 Å². The van der Waals surface area contributed by atoms with Gasteiger partial charge in [-0.05, 0) is 24.3 Å². The van der Waals surface area contributed by atoms with Gasteiger partial charge in [0.2, 0.25) is 0 Å². The summed E-state index contributed by atoms with van der Waals surface area (Å²) >= 11 is 0. The molecular weight excluding hydrogens is 255 g/mol. The van der Waals surface area contributed by atoms with Gasteiger partial charge in [0.25, 0.3) is 0 Å². The predicted molar refractivity (Wildman–Crippen MR) is 52.1 cm³/mol. The third-order valence-electron chi connectivity index (χ3n) is 1.70. The minimum absolute atomic E-state index is 0.104. The standard InChI is InChI=1S/C10H6F3NO4/c11-10(12,13)8(16)14-9(17)18-7-3-1-6(5-15)2-4-7/h1-5H,(H,14,16,17). The van der Waals surface area contributed by atoms with Crippen molar-refractivity contribution in [1.82, 2.24) is 5.32 Å². The highest BCUT2D eigenvalue weighted by Gasteiger charge is 2.40. The molecule has 0 fully saturated rings. The Morgan fingerprint density at radius 2 is 1.72 bits per heavy atom. The molecule has 1 aromatic carbocycles. The number of amides is 2. The van der Waals surface area contributed by atoms with E-state index in [1.165, 1.54) is 24.3 Å². The van der Waals surface area contributed by atoms with Gasteiger partial charge in [0.05, 0.1) is 0 Å². The Hall–Kier alpha value is -2.38. The molecule has 0 saturated heterocycles. The number of ether oxygens (including phenoxy) is 1. The van der Waals surface area contributed by atoms with Gasteiger partial charge in [0.15, 0.2) is 0 Å². The molecule has 0 atom stereocenters. The van der Waals surface area contributed by atoms with Crippen molar-refractivity contribution in [3.8, 4) is 5.75 Å². The highest BCUT2D eigenvalue weighted by Crippen LogP contribution is 2.15. The van der Waals surface area contributed by atoms with Crippen molar-refractivity contribution in [2.75, 3.05) is 0 Å². The number of alkyl halides is 3. The number of halogens is 3. The van der Waals surface area contributed by atoms with Gasteiger partial charge >= 0.3 is 18.2 Å². The predicted octanol–water partition coefficient (Wildman–Crippen LogP) is 1.68. The molecule has 0 aliphatic rings. The van der Waals surface area contributed by atoms with E-state index < -0.39 is 18.2 Å². The van der Waals surface area contributed by atoms with Gasteiger partial charge in [-0.2, -0.15) is 13.2 Å². The smallest absolute Gasteiger partial charge is 0.410 e. The summed E-state index contributed by atoms with van der Waals surface area (Å²) in [5, 5.41) is 1.00. The molecule has 1 aromatic rings. The van der Waals surface area contributed by atoms with Gasteiger partial charge in [-0.1, -0.05) is 0 Å². The SMILES string of the molecule is O=Cc1ccc(OC(=O)NC(=O)C(F)(F)F)cc1. The molecule has 0 aromatic heterocycles. The number of hydrogen-bond acceptors (Lipinski definition) is 4. The highest BCUT2D eigenvalue weighted by molar-refractivity contribution is 5.95. The average molecular weight is 261 g/mol. The second kappa shape index (κ2) is 5.30. The molecule has 0 aliphatic heterocycles. The van der Waals surface area contributed by atoms with Crippen LogP contribution in [0.1, 0.15) is 10.4 Å². The van der Waals surface area contributed by atoms with Crippen molar-refractivity contribution in [3.63, 3.8) is 0 Å². The first-order valence-corrected chi connectivity index (χ1v) is 4.48. The van der Waals surface area contributed by atoms with E-state index in [-0.39, 0.29) is 5.75 Å². The Kier molecular flexibility index (Phi) is 4.03. The maximum Gasteiger partial charge on any atom is 0.471 e. The van der Waals surface area contributed by atoms with Crippen LogP contribution in [0.2, 0.25) is 0 Å². The van der Waals surface area contributed by atoms with Crippen LogP contribution in [0.4, 0.5) is 18.0 Å². The molecule has 8 heteroatoms. The largest absolute Gasteiger partial charge is 0.471 e. The molecule has 0 spiro atoms. The molecule has 1 rings (SSSR count). The molecule has 0 heterocycles. The molecule has 1 N–H and O–H groups in total. The second-order valence-electron chi connectivity index (χ2n) is 3.03. The number of carbonyl (C=O) groups is 3. The van der Waals surface area contributed by atoms with Crippen molar-refractivity contribution in [3.05, 3.63) is 29.8 Å². The topological polar surface area (TPSA) is 72.5 Å². The van der Waals surface area contributed by atoms with Gasteiger partial charge in [-0.25, -0.2) is 4.79 Å². The zero-order chi connectivity index (χ0) is 13.8. The van der Waals surface area contributed by atoms with Crippen LogP contribution in [-0.2, 0) is 4.79 Å². The van der Waals surface area contributed by atoms with Crippen LogP contribution in [0, 0.1) is 0 Å². The van der Waals surface area contributed by atoms with Gasteiger partial charge < -0.3 is 4.74 Å². The molecule has 0 bridgehead atoms. The Morgan fingerprint density at radius 3 is 2.17 bits per heavy atom. The number of hydrogen-bond donors (Lipinski definition) is 1. The van der Waals surface area contributed by atoms with Crippen molar-refractivity contribution in [2.24, 2.45) is 0 Å². The van der Waals surface area contributed by atoms with Crippen molar-refractivity contribution >= 4 is 18.3 Å². The van der Waals surface area contributed by atoms with Crippen LogP contribution in [0.15, 0.2) is 24.3 Å². The number of aldehydes is 1. The normalized spacial score (nSPS) is 10.6. The van der Waals surface area contributed by atoms with Gasteiger partial charge in [-0.3, -0.25) is 14.9 Å². The molecule has 18 heavy (non-hydrogen) atoms. The molecule has 5 nitrogen and oxygen atoms in total. The molecule has 2 amide bonds. The lowest BCUT2D eigenvalue weighted by Crippen LogP contribution is -2.41. The Labute approximate surface area is 98.5 Å². The van der Waals surface area contributed by atoms with E-state index in [1.54, 1.807) is 0 Å². The summed E-state index contributed by atoms with van der Waals surface area (Å²) in [5.74, 6) is -2.52. The van der Waals surface area contributed by atoms with Crippen LogP contribution in [0.25, 0.3) is 0 Å². The third-order valence-corrected chi connectivity index (χ3v) is 1.70. The molecule has 0 aliphatic carbocycles. The second-order valence-corrected chi connectivity index (χ2v) is 3.03. The summed E-state index contributed by atoms with van der Waals surface area (Å²) in [5.41, 5.74) is 0.300. The van der Waals surface area contributed by atoms with Crippen LogP contribution < -0.4 is 10.1 Å². The zero-order valence-electron chi connectivity index (χ0n) is 8.65. The molecule has 0 unspecified atom stereocenters. The average Bonchev–Trinajstić information content (AvgIpc) is 2.28. The fourth-order valence-electron chi connectivity index (χ4n) is 0.911. The van der Waals surface area contributed by atoms with E-state index in [1.807, 2.05) is 0 Å². The minimum atomic E-state index is -5.17. The third kappa shape index (κ3) is 3.89. The van der Waals surface area contributed by atoms with E-state index in [0.29, 0.717) is 11.8 Å². The summed E-state index contributed by atoms with van der Waals surface area (Å²) in [6.07, 6.45) is -6.19. The molecule has 0 saturated carbocycles. The summed E-state index contributed by atoms with van der Waals surface area (Å²) in [7, 11) is 0. The number of rotatable bonds is 2. The summed E-state index contributed by atoms with van der Waals surface area (Å²) in [6.45, 7) is 0. The number of nitrogens with one attached hydrogen (secondary N) is 1. The van der Waals surface area contributed by atoms with E-state index in [4.69, 9.17) is 0 Å². The summed E-state index contributed by atoms with van der Waals surface area (Å²) in [6, 6.07) is 4.98. The molecule has 0 radical (unpaired) electrons. The highest BCUT2D eigenvalue weighted by atomic mass is 19.4. The fourth-order valence-corrected chi connectivity index (χ4v) is 0.911. The summed E-state index contributed by atoms with van der Waals surface area (Å²) < 4.78 is 39.8. The molecular formula is C10H6F3NO4. The van der Waals surface area contributed by atoms with Crippen molar-refractivity contribution < 1.29 is 32.3 Å². The fraction of sp³-hybridized carbons (Fsp3) is 0.100. The van der Waals surface area contributed by atoms with Crippen LogP contribution in [0.3, 0.4) is 0 Å². The quantitative estimate of drug-likeness (QED) is 0.822. The molecule has 96 valence electrons. The van der Waals surface area contributed by atoms with Gasteiger partial charge in [0, 0.05) is 5.56 Å². The monoisotopic (exact) mass is 261 g/mol. The zero-order valence-corrected chi connectivity index (χ0v) is 8.65. The van der Waals surface area contributed by atoms with E-state index in [9.17, 15) is 27.6 Å². The Morgan fingerprint density at radius 1 is 1.17 bits per heavy atom.